The number of rotatable bonds is 4. The van der Waals surface area contributed by atoms with Crippen LogP contribution in [-0.2, 0) is 10.0 Å². The minimum Gasteiger partial charge on any atom is -0.497 e. The Bertz CT molecular complexity index is 793. The van der Waals surface area contributed by atoms with Gasteiger partial charge in [-0.05, 0) is 24.7 Å². The van der Waals surface area contributed by atoms with Crippen LogP contribution in [0.3, 0.4) is 0 Å². The van der Waals surface area contributed by atoms with Crippen molar-refractivity contribution in [1.29, 1.82) is 0 Å². The summed E-state index contributed by atoms with van der Waals surface area (Å²) in [4.78, 5) is 2.43. The molecule has 0 aliphatic carbocycles. The zero-order valence-electron chi connectivity index (χ0n) is 13.9. The maximum absolute atomic E-state index is 13.2. The third-order valence-corrected chi connectivity index (χ3v) is 6.27. The summed E-state index contributed by atoms with van der Waals surface area (Å²) in [5.41, 5.74) is 1.01. The molecule has 3 rings (SSSR count). The first kappa shape index (κ1) is 17.0. The van der Waals surface area contributed by atoms with Crippen molar-refractivity contribution in [2.75, 3.05) is 33.8 Å². The van der Waals surface area contributed by atoms with Crippen LogP contribution < -0.4 is 4.74 Å². The molecule has 1 aliphatic heterocycles. The van der Waals surface area contributed by atoms with Gasteiger partial charge < -0.3 is 9.64 Å². The third kappa shape index (κ3) is 3.31. The summed E-state index contributed by atoms with van der Waals surface area (Å²) in [5, 5.41) is 0. The van der Waals surface area contributed by atoms with Crippen LogP contribution in [0.5, 0.6) is 5.75 Å². The Balaban J connectivity index is 2.00. The molecule has 2 aromatic carbocycles. The Kier molecular flexibility index (Phi) is 4.89. The SMILES string of the molecule is COc1cccc(S(=O)(=O)N2CCN(C)CC2c2ccccc2)c1. The Morgan fingerprint density at radius 3 is 2.50 bits per heavy atom. The predicted octanol–water partition coefficient (Wildman–Crippen LogP) is 2.37. The first-order valence-corrected chi connectivity index (χ1v) is 9.36. The predicted molar refractivity (Wildman–Crippen MR) is 93.6 cm³/mol. The average molecular weight is 346 g/mol. The molecule has 0 N–H and O–H groups in total. The van der Waals surface area contributed by atoms with Gasteiger partial charge in [-0.2, -0.15) is 4.31 Å². The van der Waals surface area contributed by atoms with Gasteiger partial charge >= 0.3 is 0 Å². The minimum atomic E-state index is -3.59. The normalized spacial score (nSPS) is 20.0. The summed E-state index contributed by atoms with van der Waals surface area (Å²) in [6.07, 6.45) is 0. The van der Waals surface area contributed by atoms with Gasteiger partial charge in [0.1, 0.15) is 5.75 Å². The van der Waals surface area contributed by atoms with E-state index in [0.717, 1.165) is 5.56 Å². The second-order valence-corrected chi connectivity index (χ2v) is 7.87. The van der Waals surface area contributed by atoms with Crippen LogP contribution in [0.1, 0.15) is 11.6 Å². The van der Waals surface area contributed by atoms with Crippen LogP contribution in [0.15, 0.2) is 59.5 Å². The van der Waals surface area contributed by atoms with Gasteiger partial charge in [0.15, 0.2) is 0 Å². The highest BCUT2D eigenvalue weighted by atomic mass is 32.2. The maximum atomic E-state index is 13.2. The first-order chi connectivity index (χ1) is 11.5. The topological polar surface area (TPSA) is 49.9 Å². The molecule has 6 heteroatoms. The molecular formula is C18H22N2O3S. The van der Waals surface area contributed by atoms with Crippen molar-refractivity contribution < 1.29 is 13.2 Å². The lowest BCUT2D eigenvalue weighted by Crippen LogP contribution is -2.49. The lowest BCUT2D eigenvalue weighted by molar-refractivity contribution is 0.160. The number of nitrogens with zero attached hydrogens (tertiary/aromatic N) is 2. The van der Waals surface area contributed by atoms with Gasteiger partial charge in [0.05, 0.1) is 18.0 Å². The van der Waals surface area contributed by atoms with E-state index in [4.69, 9.17) is 4.74 Å². The van der Waals surface area contributed by atoms with E-state index < -0.39 is 10.0 Å². The summed E-state index contributed by atoms with van der Waals surface area (Å²) >= 11 is 0. The molecule has 1 atom stereocenters. The minimum absolute atomic E-state index is 0.193. The van der Waals surface area contributed by atoms with Gasteiger partial charge in [-0.15, -0.1) is 0 Å². The molecule has 0 aromatic heterocycles. The van der Waals surface area contributed by atoms with Crippen LogP contribution in [0.2, 0.25) is 0 Å². The number of likely N-dealkylation sites (N-methyl/N-ethyl adjacent to an activating group) is 1. The Morgan fingerprint density at radius 2 is 1.79 bits per heavy atom. The Hall–Kier alpha value is -1.89. The van der Waals surface area contributed by atoms with Gasteiger partial charge in [-0.3, -0.25) is 0 Å². The molecule has 0 bridgehead atoms. The van der Waals surface area contributed by atoms with E-state index in [1.54, 1.807) is 28.6 Å². The molecule has 0 radical (unpaired) electrons. The highest BCUT2D eigenvalue weighted by Crippen LogP contribution is 2.31. The molecule has 128 valence electrons. The molecule has 1 saturated heterocycles. The second kappa shape index (κ2) is 6.93. The molecule has 1 unspecified atom stereocenters. The van der Waals surface area contributed by atoms with Crippen molar-refractivity contribution in [1.82, 2.24) is 9.21 Å². The van der Waals surface area contributed by atoms with Crippen molar-refractivity contribution in [3.05, 3.63) is 60.2 Å². The second-order valence-electron chi connectivity index (χ2n) is 5.98. The van der Waals surface area contributed by atoms with Crippen LogP contribution in [0.25, 0.3) is 0 Å². The zero-order valence-corrected chi connectivity index (χ0v) is 14.7. The summed E-state index contributed by atoms with van der Waals surface area (Å²) in [6, 6.07) is 16.3. The molecule has 24 heavy (non-hydrogen) atoms. The van der Waals surface area contributed by atoms with E-state index in [0.29, 0.717) is 25.4 Å². The number of hydrogen-bond acceptors (Lipinski definition) is 4. The molecule has 5 nitrogen and oxygen atoms in total. The van der Waals surface area contributed by atoms with Gasteiger partial charge in [0.25, 0.3) is 0 Å². The van der Waals surface area contributed by atoms with Gasteiger partial charge in [-0.1, -0.05) is 36.4 Å². The van der Waals surface area contributed by atoms with Crippen LogP contribution in [0, 0.1) is 0 Å². The van der Waals surface area contributed by atoms with Crippen LogP contribution in [-0.4, -0.2) is 51.4 Å². The lowest BCUT2D eigenvalue weighted by atomic mass is 10.1. The van der Waals surface area contributed by atoms with Gasteiger partial charge in [0.2, 0.25) is 10.0 Å². The molecule has 0 spiro atoms. The number of sulfonamides is 1. The van der Waals surface area contributed by atoms with E-state index in [1.165, 1.54) is 7.11 Å². The number of hydrogen-bond donors (Lipinski definition) is 0. The van der Waals surface area contributed by atoms with Crippen molar-refractivity contribution in [3.63, 3.8) is 0 Å². The van der Waals surface area contributed by atoms with E-state index in [9.17, 15) is 8.42 Å². The quantitative estimate of drug-likeness (QED) is 0.853. The number of piperazine rings is 1. The summed E-state index contributed by atoms with van der Waals surface area (Å²) < 4.78 is 33.2. The highest BCUT2D eigenvalue weighted by Gasteiger charge is 2.36. The molecule has 1 aliphatic rings. The summed E-state index contributed by atoms with van der Waals surface area (Å²) in [5.74, 6) is 0.543. The van der Waals surface area contributed by atoms with Crippen LogP contribution in [0.4, 0.5) is 0 Å². The Morgan fingerprint density at radius 1 is 1.04 bits per heavy atom. The highest BCUT2D eigenvalue weighted by molar-refractivity contribution is 7.89. The smallest absolute Gasteiger partial charge is 0.243 e. The first-order valence-electron chi connectivity index (χ1n) is 7.92. The van der Waals surface area contributed by atoms with Crippen molar-refractivity contribution in [3.8, 4) is 5.75 Å². The van der Waals surface area contributed by atoms with E-state index in [1.807, 2.05) is 37.4 Å². The molecule has 1 heterocycles. The van der Waals surface area contributed by atoms with Gasteiger partial charge in [0, 0.05) is 25.7 Å². The third-order valence-electron chi connectivity index (χ3n) is 4.37. The number of methoxy groups -OCH3 is 1. The lowest BCUT2D eigenvalue weighted by Gasteiger charge is -2.39. The Labute approximate surface area is 143 Å². The fourth-order valence-corrected chi connectivity index (χ4v) is 4.67. The van der Waals surface area contributed by atoms with Crippen molar-refractivity contribution >= 4 is 10.0 Å². The largest absolute Gasteiger partial charge is 0.497 e. The van der Waals surface area contributed by atoms with Crippen molar-refractivity contribution in [2.45, 2.75) is 10.9 Å². The number of ether oxygens (including phenoxy) is 1. The van der Waals surface area contributed by atoms with E-state index >= 15 is 0 Å². The average Bonchev–Trinajstić information content (AvgIpc) is 2.62. The molecule has 2 aromatic rings. The standard InChI is InChI=1S/C18H22N2O3S/c1-19-11-12-20(18(14-19)15-7-4-3-5-8-15)24(21,22)17-10-6-9-16(13-17)23-2/h3-10,13,18H,11-12,14H2,1-2H3. The maximum Gasteiger partial charge on any atom is 0.243 e. The molecular weight excluding hydrogens is 324 g/mol. The molecule has 0 saturated carbocycles. The number of benzene rings is 2. The van der Waals surface area contributed by atoms with E-state index in [-0.39, 0.29) is 10.9 Å². The fraction of sp³-hybridized carbons (Fsp3) is 0.333. The molecule has 0 amide bonds. The summed E-state index contributed by atoms with van der Waals surface area (Å²) in [7, 11) is -0.0333. The van der Waals surface area contributed by atoms with Gasteiger partial charge in [-0.25, -0.2) is 8.42 Å². The van der Waals surface area contributed by atoms with Crippen molar-refractivity contribution in [2.24, 2.45) is 0 Å². The zero-order chi connectivity index (χ0) is 17.2. The fourth-order valence-electron chi connectivity index (χ4n) is 3.03. The van der Waals surface area contributed by atoms with E-state index in [2.05, 4.69) is 4.90 Å². The molecule has 1 fully saturated rings. The summed E-state index contributed by atoms with van der Waals surface area (Å²) in [6.45, 7) is 1.86. The monoisotopic (exact) mass is 346 g/mol. The van der Waals surface area contributed by atoms with Crippen LogP contribution >= 0.6 is 0 Å².